The van der Waals surface area contributed by atoms with Crippen molar-refractivity contribution >= 4 is 0 Å². The van der Waals surface area contributed by atoms with Crippen LogP contribution in [0, 0.1) is 0 Å². The van der Waals surface area contributed by atoms with Crippen LogP contribution in [-0.2, 0) is 19.6 Å². The number of hydrogen-bond acceptors (Lipinski definition) is 2. The van der Waals surface area contributed by atoms with E-state index in [-0.39, 0.29) is 11.5 Å². The van der Waals surface area contributed by atoms with Crippen molar-refractivity contribution in [3.8, 4) is 5.75 Å². The molecule has 1 aromatic heterocycles. The van der Waals surface area contributed by atoms with Gasteiger partial charge in [-0.1, -0.05) is 109 Å². The Kier molecular flexibility index (Phi) is 7.92. The number of rotatable bonds is 10. The average molecular weight is 486 g/mol. The van der Waals surface area contributed by atoms with Crippen molar-refractivity contribution in [1.82, 2.24) is 4.57 Å². The maximum Gasteiger partial charge on any atom is 0.250 e. The second-order valence-electron chi connectivity index (χ2n) is 9.27. The summed E-state index contributed by atoms with van der Waals surface area (Å²) in [5, 5.41) is 0. The monoisotopic (exact) mass is 485 g/mol. The predicted molar refractivity (Wildman–Crippen MR) is 150 cm³/mol. The van der Waals surface area contributed by atoms with Crippen molar-refractivity contribution in [3.63, 3.8) is 0 Å². The second-order valence-corrected chi connectivity index (χ2v) is 9.27. The molecule has 0 spiro atoms. The van der Waals surface area contributed by atoms with Crippen molar-refractivity contribution in [3.05, 3.63) is 172 Å². The van der Waals surface area contributed by atoms with E-state index < -0.39 is 0 Å². The molecule has 1 heterocycles. The maximum absolute atomic E-state index is 12.7. The van der Waals surface area contributed by atoms with E-state index in [0.29, 0.717) is 13.2 Å². The van der Waals surface area contributed by atoms with Crippen LogP contribution in [0.3, 0.4) is 0 Å². The molecule has 0 unspecified atom stereocenters. The quantitative estimate of drug-likeness (QED) is 0.209. The highest BCUT2D eigenvalue weighted by atomic mass is 16.5. The molecule has 3 heteroatoms. The Balaban J connectivity index is 1.28. The Morgan fingerprint density at radius 3 is 1.92 bits per heavy atom. The average Bonchev–Trinajstić information content (AvgIpc) is 2.96. The van der Waals surface area contributed by atoms with Gasteiger partial charge in [0.15, 0.2) is 0 Å². The van der Waals surface area contributed by atoms with Crippen LogP contribution in [-0.4, -0.2) is 4.57 Å². The first-order valence-electron chi connectivity index (χ1n) is 12.8. The first-order chi connectivity index (χ1) is 18.3. The molecule has 0 N–H and O–H groups in total. The molecule has 184 valence electrons. The third-order valence-electron chi connectivity index (χ3n) is 6.62. The van der Waals surface area contributed by atoms with E-state index in [2.05, 4.69) is 72.8 Å². The molecule has 0 saturated heterocycles. The van der Waals surface area contributed by atoms with Crippen LogP contribution in [0.15, 0.2) is 138 Å². The summed E-state index contributed by atoms with van der Waals surface area (Å²) in [7, 11) is 0. The van der Waals surface area contributed by atoms with Gasteiger partial charge in [-0.25, -0.2) is 0 Å². The number of hydrogen-bond donors (Lipinski definition) is 0. The number of aryl methyl sites for hydroxylation is 2. The van der Waals surface area contributed by atoms with E-state index in [1.807, 2.05) is 59.3 Å². The fraction of sp³-hybridized carbons (Fsp3) is 0.147. The molecule has 0 fully saturated rings. The molecule has 5 aromatic rings. The minimum absolute atomic E-state index is 0.0311. The number of nitrogens with zero attached hydrogens (tertiary/aromatic N) is 1. The molecule has 37 heavy (non-hydrogen) atoms. The first kappa shape index (κ1) is 24.3. The molecule has 0 bridgehead atoms. The largest absolute Gasteiger partial charge is 0.489 e. The number of aromatic nitrogens is 1. The van der Waals surface area contributed by atoms with Crippen molar-refractivity contribution in [2.24, 2.45) is 0 Å². The van der Waals surface area contributed by atoms with Crippen molar-refractivity contribution < 1.29 is 4.74 Å². The molecule has 4 aromatic carbocycles. The zero-order valence-corrected chi connectivity index (χ0v) is 20.9. The minimum Gasteiger partial charge on any atom is -0.489 e. The van der Waals surface area contributed by atoms with E-state index >= 15 is 0 Å². The lowest BCUT2D eigenvalue weighted by Crippen LogP contribution is -2.20. The van der Waals surface area contributed by atoms with Crippen LogP contribution in [0.1, 0.15) is 40.2 Å². The van der Waals surface area contributed by atoms with Crippen LogP contribution in [0.4, 0.5) is 0 Å². The van der Waals surface area contributed by atoms with E-state index in [1.165, 1.54) is 16.7 Å². The Hall–Kier alpha value is -4.37. The molecule has 0 aliphatic carbocycles. The molecule has 0 aliphatic heterocycles. The van der Waals surface area contributed by atoms with Gasteiger partial charge in [-0.05, 0) is 52.8 Å². The normalized spacial score (nSPS) is 10.9. The van der Waals surface area contributed by atoms with Crippen molar-refractivity contribution in [1.29, 1.82) is 0 Å². The van der Waals surface area contributed by atoms with Gasteiger partial charge < -0.3 is 9.30 Å². The fourth-order valence-corrected chi connectivity index (χ4v) is 4.75. The van der Waals surface area contributed by atoms with Crippen LogP contribution in [0.25, 0.3) is 0 Å². The molecule has 5 rings (SSSR count). The van der Waals surface area contributed by atoms with Crippen molar-refractivity contribution in [2.45, 2.75) is 31.9 Å². The highest BCUT2D eigenvalue weighted by molar-refractivity contribution is 5.42. The first-order valence-corrected chi connectivity index (χ1v) is 12.8. The highest BCUT2D eigenvalue weighted by Gasteiger charge is 2.17. The lowest BCUT2D eigenvalue weighted by molar-refractivity contribution is 0.306. The van der Waals surface area contributed by atoms with Gasteiger partial charge >= 0.3 is 0 Å². The minimum atomic E-state index is 0.0311. The zero-order valence-electron chi connectivity index (χ0n) is 20.9. The summed E-state index contributed by atoms with van der Waals surface area (Å²) in [4.78, 5) is 12.7. The number of benzene rings is 4. The van der Waals surface area contributed by atoms with Gasteiger partial charge in [-0.2, -0.15) is 0 Å². The summed E-state index contributed by atoms with van der Waals surface area (Å²) in [5.41, 5.74) is 5.94. The van der Waals surface area contributed by atoms with Gasteiger partial charge in [0.25, 0.3) is 5.56 Å². The Labute approximate surface area is 218 Å². The Bertz CT molecular complexity index is 1420. The van der Waals surface area contributed by atoms with Crippen molar-refractivity contribution in [2.75, 3.05) is 0 Å². The SMILES string of the molecule is O=c1ccc(C(c2ccccc2)c2ccccc2)cn1CCCc1cccc(OCc2ccccc2)c1. The fourth-order valence-electron chi connectivity index (χ4n) is 4.75. The van der Waals surface area contributed by atoms with E-state index in [4.69, 9.17) is 4.74 Å². The van der Waals surface area contributed by atoms with Crippen LogP contribution < -0.4 is 10.3 Å². The lowest BCUT2D eigenvalue weighted by Gasteiger charge is -2.20. The molecular formula is C34H31NO2. The Morgan fingerprint density at radius 2 is 1.24 bits per heavy atom. The summed E-state index contributed by atoms with van der Waals surface area (Å²) in [6.07, 6.45) is 3.78. The zero-order chi connectivity index (χ0) is 25.3. The summed E-state index contributed by atoms with van der Waals surface area (Å²) in [6.45, 7) is 1.22. The number of ether oxygens (including phenoxy) is 1. The predicted octanol–water partition coefficient (Wildman–Crippen LogP) is 7.24. The summed E-state index contributed by atoms with van der Waals surface area (Å²) in [6, 6.07) is 43.1. The third kappa shape index (κ3) is 6.45. The molecular weight excluding hydrogens is 454 g/mol. The summed E-state index contributed by atoms with van der Waals surface area (Å²) < 4.78 is 7.84. The molecule has 3 nitrogen and oxygen atoms in total. The summed E-state index contributed by atoms with van der Waals surface area (Å²) >= 11 is 0. The van der Waals surface area contributed by atoms with Gasteiger partial charge in [0.2, 0.25) is 0 Å². The molecule has 0 amide bonds. The van der Waals surface area contributed by atoms with Gasteiger partial charge in [-0.3, -0.25) is 4.79 Å². The third-order valence-corrected chi connectivity index (χ3v) is 6.62. The number of pyridine rings is 1. The highest BCUT2D eigenvalue weighted by Crippen LogP contribution is 2.31. The lowest BCUT2D eigenvalue weighted by atomic mass is 9.86. The van der Waals surface area contributed by atoms with Crippen LogP contribution in [0.2, 0.25) is 0 Å². The maximum atomic E-state index is 12.7. The van der Waals surface area contributed by atoms with Gasteiger partial charge in [0, 0.05) is 24.7 Å². The molecule has 0 saturated carbocycles. The molecule has 0 radical (unpaired) electrons. The topological polar surface area (TPSA) is 31.2 Å². The standard InChI is InChI=1S/C34H31NO2/c36-33-22-21-31(34(29-16-6-2-7-17-29)30-18-8-3-9-19-30)25-35(33)23-11-15-27-14-10-20-32(24-27)37-26-28-12-4-1-5-13-28/h1-10,12-14,16-22,24-25,34H,11,15,23,26H2. The Morgan fingerprint density at radius 1 is 0.622 bits per heavy atom. The van der Waals surface area contributed by atoms with Crippen LogP contribution in [0.5, 0.6) is 5.75 Å². The van der Waals surface area contributed by atoms with E-state index in [9.17, 15) is 4.79 Å². The van der Waals surface area contributed by atoms with Gasteiger partial charge in [0.05, 0.1) is 0 Å². The summed E-state index contributed by atoms with van der Waals surface area (Å²) in [5.74, 6) is 0.946. The van der Waals surface area contributed by atoms with E-state index in [1.54, 1.807) is 6.07 Å². The van der Waals surface area contributed by atoms with Crippen LogP contribution >= 0.6 is 0 Å². The molecule has 0 aliphatic rings. The van der Waals surface area contributed by atoms with Gasteiger partial charge in [-0.15, -0.1) is 0 Å². The van der Waals surface area contributed by atoms with Gasteiger partial charge in [0.1, 0.15) is 12.4 Å². The molecule has 0 atom stereocenters. The smallest absolute Gasteiger partial charge is 0.250 e. The van der Waals surface area contributed by atoms with E-state index in [0.717, 1.165) is 29.7 Å². The second kappa shape index (κ2) is 12.0.